The maximum absolute atomic E-state index is 12.2. The molecule has 0 aliphatic carbocycles. The smallest absolute Gasteiger partial charge is 0.253 e. The molecule has 0 bridgehead atoms. The molecule has 0 aliphatic heterocycles. The Morgan fingerprint density at radius 2 is 2.22 bits per heavy atom. The molecule has 1 aromatic carbocycles. The van der Waals surface area contributed by atoms with Crippen LogP contribution in [0.4, 0.5) is 0 Å². The summed E-state index contributed by atoms with van der Waals surface area (Å²) in [5.41, 5.74) is 6.04. The van der Waals surface area contributed by atoms with Gasteiger partial charge in [0.1, 0.15) is 0 Å². The van der Waals surface area contributed by atoms with Gasteiger partial charge in [-0.2, -0.15) is 0 Å². The minimum absolute atomic E-state index is 0.0490. The van der Waals surface area contributed by atoms with Crippen LogP contribution in [0.1, 0.15) is 23.7 Å². The van der Waals surface area contributed by atoms with E-state index in [0.717, 1.165) is 3.57 Å². The third kappa shape index (κ3) is 4.37. The van der Waals surface area contributed by atoms with Crippen molar-refractivity contribution < 1.29 is 4.79 Å². The standard InChI is InChI=1S/C12H14ClIN2OS/c1-2-16(6-5-11(15)18)12(17)8-3-4-10(14)9(13)7-8/h3-4,7H,2,5-6H2,1H3,(H2,15,18). The number of rotatable bonds is 5. The monoisotopic (exact) mass is 396 g/mol. The average molecular weight is 397 g/mol. The molecule has 3 nitrogen and oxygen atoms in total. The van der Waals surface area contributed by atoms with Crippen LogP contribution in [0.25, 0.3) is 0 Å². The lowest BCUT2D eigenvalue weighted by molar-refractivity contribution is 0.0769. The first-order chi connectivity index (χ1) is 8.45. The van der Waals surface area contributed by atoms with Gasteiger partial charge < -0.3 is 10.6 Å². The number of carbonyl (C=O) groups excluding carboxylic acids is 1. The fourth-order valence-electron chi connectivity index (χ4n) is 1.46. The van der Waals surface area contributed by atoms with Gasteiger partial charge in [-0.15, -0.1) is 0 Å². The molecule has 1 aromatic rings. The molecular weight excluding hydrogens is 383 g/mol. The Hall–Kier alpha value is -0.400. The van der Waals surface area contributed by atoms with E-state index in [2.05, 4.69) is 22.6 Å². The highest BCUT2D eigenvalue weighted by Gasteiger charge is 2.15. The number of hydrogen-bond donors (Lipinski definition) is 1. The molecule has 0 atom stereocenters. The molecule has 0 radical (unpaired) electrons. The van der Waals surface area contributed by atoms with Crippen molar-refractivity contribution in [1.29, 1.82) is 0 Å². The van der Waals surface area contributed by atoms with Gasteiger partial charge in [-0.3, -0.25) is 4.79 Å². The molecule has 1 amide bonds. The van der Waals surface area contributed by atoms with Gasteiger partial charge in [0.15, 0.2) is 0 Å². The van der Waals surface area contributed by atoms with Crippen LogP contribution in [0.5, 0.6) is 0 Å². The molecule has 98 valence electrons. The topological polar surface area (TPSA) is 46.3 Å². The van der Waals surface area contributed by atoms with Crippen molar-refractivity contribution in [2.24, 2.45) is 5.73 Å². The molecule has 2 N–H and O–H groups in total. The van der Waals surface area contributed by atoms with E-state index >= 15 is 0 Å². The summed E-state index contributed by atoms with van der Waals surface area (Å²) in [7, 11) is 0. The summed E-state index contributed by atoms with van der Waals surface area (Å²) < 4.78 is 0.928. The van der Waals surface area contributed by atoms with Crippen LogP contribution < -0.4 is 5.73 Å². The summed E-state index contributed by atoms with van der Waals surface area (Å²) in [6, 6.07) is 5.30. The average Bonchev–Trinajstić information content (AvgIpc) is 2.32. The number of thiocarbonyl (C=S) groups is 1. The molecule has 0 unspecified atom stereocenters. The highest BCUT2D eigenvalue weighted by Crippen LogP contribution is 2.20. The van der Waals surface area contributed by atoms with E-state index in [9.17, 15) is 4.79 Å². The van der Waals surface area contributed by atoms with Gasteiger partial charge in [0.05, 0.1) is 10.0 Å². The van der Waals surface area contributed by atoms with E-state index in [4.69, 9.17) is 29.6 Å². The molecule has 1 rings (SSSR count). The summed E-state index contributed by atoms with van der Waals surface area (Å²) in [4.78, 5) is 14.4. The van der Waals surface area contributed by atoms with Crippen LogP contribution in [-0.2, 0) is 0 Å². The Labute approximate surface area is 131 Å². The molecule has 0 aromatic heterocycles. The highest BCUT2D eigenvalue weighted by atomic mass is 127. The fraction of sp³-hybridized carbons (Fsp3) is 0.333. The quantitative estimate of drug-likeness (QED) is 0.614. The molecule has 18 heavy (non-hydrogen) atoms. The van der Waals surface area contributed by atoms with E-state index in [1.807, 2.05) is 13.0 Å². The predicted molar refractivity (Wildman–Crippen MR) is 87.1 cm³/mol. The van der Waals surface area contributed by atoms with Gasteiger partial charge >= 0.3 is 0 Å². The second-order valence-electron chi connectivity index (χ2n) is 3.73. The molecule has 0 aliphatic rings. The second kappa shape index (κ2) is 7.25. The lowest BCUT2D eigenvalue weighted by Crippen LogP contribution is -2.33. The van der Waals surface area contributed by atoms with E-state index in [1.54, 1.807) is 17.0 Å². The van der Waals surface area contributed by atoms with Gasteiger partial charge in [-0.25, -0.2) is 0 Å². The van der Waals surface area contributed by atoms with Crippen LogP contribution in [0.2, 0.25) is 5.02 Å². The minimum Gasteiger partial charge on any atom is -0.393 e. The lowest BCUT2D eigenvalue weighted by Gasteiger charge is -2.20. The zero-order chi connectivity index (χ0) is 13.7. The molecule has 0 saturated carbocycles. The lowest BCUT2D eigenvalue weighted by atomic mass is 10.2. The molecule has 0 saturated heterocycles. The van der Waals surface area contributed by atoms with Gasteiger partial charge in [-0.1, -0.05) is 23.8 Å². The number of hydrogen-bond acceptors (Lipinski definition) is 2. The second-order valence-corrected chi connectivity index (χ2v) is 5.82. The predicted octanol–water partition coefficient (Wildman–Crippen LogP) is 3.08. The third-order valence-corrected chi connectivity index (χ3v) is 4.24. The number of benzene rings is 1. The number of carbonyl (C=O) groups is 1. The van der Waals surface area contributed by atoms with Gasteiger partial charge in [0.2, 0.25) is 0 Å². The first-order valence-electron chi connectivity index (χ1n) is 5.48. The maximum atomic E-state index is 12.2. The Morgan fingerprint density at radius 1 is 1.56 bits per heavy atom. The van der Waals surface area contributed by atoms with Gasteiger partial charge in [-0.05, 0) is 47.7 Å². The Bertz CT molecular complexity index is 467. The maximum Gasteiger partial charge on any atom is 0.253 e. The molecule has 0 fully saturated rings. The first-order valence-corrected chi connectivity index (χ1v) is 7.34. The number of halogens is 2. The van der Waals surface area contributed by atoms with Crippen LogP contribution in [0.15, 0.2) is 18.2 Å². The van der Waals surface area contributed by atoms with Crippen molar-refractivity contribution in [3.8, 4) is 0 Å². The van der Waals surface area contributed by atoms with Crippen molar-refractivity contribution >= 4 is 57.3 Å². The van der Waals surface area contributed by atoms with E-state index < -0.39 is 0 Å². The summed E-state index contributed by atoms with van der Waals surface area (Å²) >= 11 is 13.0. The number of amides is 1. The van der Waals surface area contributed by atoms with E-state index in [-0.39, 0.29) is 5.91 Å². The number of nitrogens with two attached hydrogens (primary N) is 1. The zero-order valence-corrected chi connectivity index (χ0v) is 13.7. The van der Waals surface area contributed by atoms with Gasteiger partial charge in [0, 0.05) is 28.6 Å². The summed E-state index contributed by atoms with van der Waals surface area (Å²) in [5, 5.41) is 0.590. The summed E-state index contributed by atoms with van der Waals surface area (Å²) in [6.07, 6.45) is 0.535. The molecule has 0 heterocycles. The number of nitrogens with zero attached hydrogens (tertiary/aromatic N) is 1. The zero-order valence-electron chi connectivity index (χ0n) is 9.95. The molecular formula is C12H14ClIN2OS. The Morgan fingerprint density at radius 3 is 2.72 bits per heavy atom. The third-order valence-electron chi connectivity index (χ3n) is 2.46. The van der Waals surface area contributed by atoms with Crippen molar-refractivity contribution in [3.05, 3.63) is 32.4 Å². The van der Waals surface area contributed by atoms with Crippen LogP contribution >= 0.6 is 46.4 Å². The van der Waals surface area contributed by atoms with Crippen LogP contribution in [0.3, 0.4) is 0 Å². The van der Waals surface area contributed by atoms with Crippen molar-refractivity contribution in [3.63, 3.8) is 0 Å². The highest BCUT2D eigenvalue weighted by molar-refractivity contribution is 14.1. The minimum atomic E-state index is -0.0490. The van der Waals surface area contributed by atoms with Crippen molar-refractivity contribution in [2.45, 2.75) is 13.3 Å². The van der Waals surface area contributed by atoms with Crippen LogP contribution in [0, 0.1) is 3.57 Å². The largest absolute Gasteiger partial charge is 0.393 e. The summed E-state index contributed by atoms with van der Waals surface area (Å²) in [6.45, 7) is 3.07. The van der Waals surface area contributed by atoms with Crippen LogP contribution in [-0.4, -0.2) is 28.9 Å². The normalized spacial score (nSPS) is 10.2. The molecule has 0 spiro atoms. The van der Waals surface area contributed by atoms with E-state index in [1.165, 1.54) is 0 Å². The molecule has 6 heteroatoms. The SMILES string of the molecule is CCN(CCC(N)=S)C(=O)c1ccc(I)c(Cl)c1. The Kier molecular flexibility index (Phi) is 6.31. The Balaban J connectivity index is 2.82. The van der Waals surface area contributed by atoms with Crippen molar-refractivity contribution in [2.75, 3.05) is 13.1 Å². The first kappa shape index (κ1) is 15.7. The fourth-order valence-corrected chi connectivity index (χ4v) is 2.07. The van der Waals surface area contributed by atoms with Gasteiger partial charge in [0.25, 0.3) is 5.91 Å². The van der Waals surface area contributed by atoms with E-state index in [0.29, 0.717) is 35.1 Å². The summed E-state index contributed by atoms with van der Waals surface area (Å²) in [5.74, 6) is -0.0490. The van der Waals surface area contributed by atoms with Crippen molar-refractivity contribution in [1.82, 2.24) is 4.90 Å².